The lowest BCUT2D eigenvalue weighted by atomic mass is 10.2. The molecule has 134 valence electrons. The Balaban J connectivity index is 1.54. The van der Waals surface area contributed by atoms with Crippen LogP contribution in [0.25, 0.3) is 10.1 Å². The Hall–Kier alpha value is -2.36. The lowest BCUT2D eigenvalue weighted by molar-refractivity contribution is -0.384. The van der Waals surface area contributed by atoms with E-state index in [9.17, 15) is 14.9 Å². The van der Waals surface area contributed by atoms with Gasteiger partial charge in [-0.15, -0.1) is 22.7 Å². The number of nitrogens with zero attached hydrogens (tertiary/aromatic N) is 3. The van der Waals surface area contributed by atoms with Crippen molar-refractivity contribution < 1.29 is 9.72 Å². The van der Waals surface area contributed by atoms with Gasteiger partial charge in [-0.05, 0) is 18.7 Å². The molecule has 0 unspecified atom stereocenters. The molecule has 0 saturated heterocycles. The summed E-state index contributed by atoms with van der Waals surface area (Å²) in [6.07, 6.45) is 0.905. The van der Waals surface area contributed by atoms with E-state index in [1.807, 2.05) is 0 Å². The molecule has 4 rings (SSSR count). The molecule has 0 aliphatic carbocycles. The summed E-state index contributed by atoms with van der Waals surface area (Å²) in [4.78, 5) is 31.6. The summed E-state index contributed by atoms with van der Waals surface area (Å²) in [6, 6.07) is 6.31. The molecule has 1 aliphatic rings. The molecule has 1 N–H and O–H groups in total. The number of likely N-dealkylation sites (N-methyl/N-ethyl adjacent to an activating group) is 1. The van der Waals surface area contributed by atoms with E-state index in [0.717, 1.165) is 36.4 Å². The number of aromatic nitrogens is 1. The van der Waals surface area contributed by atoms with Gasteiger partial charge in [0.1, 0.15) is 0 Å². The van der Waals surface area contributed by atoms with Crippen molar-refractivity contribution >= 4 is 49.5 Å². The SMILES string of the molecule is CCN1CCc2nc(NC(=O)c3cc4cc([N+](=O)[O-])ccc4s3)sc2C1. The number of rotatable bonds is 4. The molecule has 0 radical (unpaired) electrons. The molecule has 7 nitrogen and oxygen atoms in total. The van der Waals surface area contributed by atoms with Crippen molar-refractivity contribution in [2.45, 2.75) is 19.9 Å². The Morgan fingerprint density at radius 3 is 3.00 bits per heavy atom. The van der Waals surface area contributed by atoms with Crippen molar-refractivity contribution in [3.05, 3.63) is 49.8 Å². The zero-order valence-corrected chi connectivity index (χ0v) is 15.7. The van der Waals surface area contributed by atoms with Crippen LogP contribution in [0.3, 0.4) is 0 Å². The van der Waals surface area contributed by atoms with Gasteiger partial charge in [-0.2, -0.15) is 0 Å². The van der Waals surface area contributed by atoms with Gasteiger partial charge in [0.2, 0.25) is 0 Å². The number of nitro groups is 1. The molecule has 1 amide bonds. The van der Waals surface area contributed by atoms with E-state index in [1.165, 1.54) is 39.7 Å². The van der Waals surface area contributed by atoms with E-state index in [0.29, 0.717) is 15.4 Å². The predicted octanol–water partition coefficient (Wildman–Crippen LogP) is 3.90. The van der Waals surface area contributed by atoms with Crippen LogP contribution in [0.15, 0.2) is 24.3 Å². The zero-order chi connectivity index (χ0) is 18.3. The van der Waals surface area contributed by atoms with Crippen molar-refractivity contribution in [2.75, 3.05) is 18.4 Å². The van der Waals surface area contributed by atoms with Crippen LogP contribution in [0.4, 0.5) is 10.8 Å². The monoisotopic (exact) mass is 388 g/mol. The topological polar surface area (TPSA) is 88.4 Å². The summed E-state index contributed by atoms with van der Waals surface area (Å²) in [5.74, 6) is -0.229. The van der Waals surface area contributed by atoms with Crippen LogP contribution < -0.4 is 5.32 Å². The van der Waals surface area contributed by atoms with Crippen molar-refractivity contribution in [3.63, 3.8) is 0 Å². The minimum absolute atomic E-state index is 0.0235. The minimum Gasteiger partial charge on any atom is -0.298 e. The number of carbonyl (C=O) groups excluding carboxylic acids is 1. The molecule has 2 aromatic heterocycles. The van der Waals surface area contributed by atoms with Gasteiger partial charge >= 0.3 is 0 Å². The third-order valence-corrected chi connectivity index (χ3v) is 6.53. The largest absolute Gasteiger partial charge is 0.298 e. The molecule has 1 aromatic carbocycles. The van der Waals surface area contributed by atoms with Gasteiger partial charge in [-0.3, -0.25) is 25.1 Å². The summed E-state index contributed by atoms with van der Waals surface area (Å²) < 4.78 is 0.845. The number of amides is 1. The number of nitrogens with one attached hydrogen (secondary N) is 1. The Morgan fingerprint density at radius 1 is 1.38 bits per heavy atom. The first kappa shape index (κ1) is 17.1. The van der Waals surface area contributed by atoms with Gasteiger partial charge in [-0.1, -0.05) is 6.92 Å². The fraction of sp³-hybridized carbons (Fsp3) is 0.294. The number of anilines is 1. The maximum Gasteiger partial charge on any atom is 0.270 e. The first-order valence-corrected chi connectivity index (χ1v) is 9.87. The van der Waals surface area contributed by atoms with Gasteiger partial charge in [0.25, 0.3) is 11.6 Å². The molecule has 9 heteroatoms. The first-order valence-electron chi connectivity index (χ1n) is 8.23. The molecule has 0 bridgehead atoms. The summed E-state index contributed by atoms with van der Waals surface area (Å²) in [7, 11) is 0. The first-order chi connectivity index (χ1) is 12.5. The number of non-ortho nitro benzene ring substituents is 1. The predicted molar refractivity (Wildman–Crippen MR) is 103 cm³/mol. The molecule has 0 fully saturated rings. The number of nitro benzene ring substituents is 1. The minimum atomic E-state index is -0.434. The Morgan fingerprint density at radius 2 is 2.23 bits per heavy atom. The van der Waals surface area contributed by atoms with Crippen LogP contribution in [0.1, 0.15) is 27.2 Å². The molecule has 0 spiro atoms. The molecule has 0 atom stereocenters. The van der Waals surface area contributed by atoms with Gasteiger partial charge in [0.15, 0.2) is 5.13 Å². The van der Waals surface area contributed by atoms with Gasteiger partial charge in [-0.25, -0.2) is 4.98 Å². The van der Waals surface area contributed by atoms with Crippen molar-refractivity contribution in [1.82, 2.24) is 9.88 Å². The highest BCUT2D eigenvalue weighted by atomic mass is 32.1. The fourth-order valence-corrected chi connectivity index (χ4v) is 4.97. The summed E-state index contributed by atoms with van der Waals surface area (Å²) in [5, 5.41) is 15.1. The third-order valence-electron chi connectivity index (χ3n) is 4.41. The molecule has 3 heterocycles. The quantitative estimate of drug-likeness (QED) is 0.541. The lowest BCUT2D eigenvalue weighted by Gasteiger charge is -2.23. The van der Waals surface area contributed by atoms with E-state index in [2.05, 4.69) is 22.1 Å². The van der Waals surface area contributed by atoms with Crippen LogP contribution >= 0.6 is 22.7 Å². The lowest BCUT2D eigenvalue weighted by Crippen LogP contribution is -2.29. The number of thiophene rings is 1. The number of hydrogen-bond acceptors (Lipinski definition) is 7. The normalized spacial score (nSPS) is 14.3. The number of hydrogen-bond donors (Lipinski definition) is 1. The summed E-state index contributed by atoms with van der Waals surface area (Å²) >= 11 is 2.84. The average molecular weight is 388 g/mol. The van der Waals surface area contributed by atoms with E-state index in [4.69, 9.17) is 0 Å². The average Bonchev–Trinajstić information content (AvgIpc) is 3.23. The fourth-order valence-electron chi connectivity index (χ4n) is 2.99. The number of fused-ring (bicyclic) bond motifs is 2. The highest BCUT2D eigenvalue weighted by Crippen LogP contribution is 2.31. The second kappa shape index (κ2) is 6.75. The summed E-state index contributed by atoms with van der Waals surface area (Å²) in [5.41, 5.74) is 1.09. The Labute approximate surface area is 157 Å². The van der Waals surface area contributed by atoms with Crippen molar-refractivity contribution in [2.24, 2.45) is 0 Å². The van der Waals surface area contributed by atoms with Gasteiger partial charge in [0, 0.05) is 46.6 Å². The maximum atomic E-state index is 12.6. The summed E-state index contributed by atoms with van der Waals surface area (Å²) in [6.45, 7) is 5.02. The number of carbonyl (C=O) groups is 1. The van der Waals surface area contributed by atoms with Crippen LogP contribution in [0.2, 0.25) is 0 Å². The molecule has 0 saturated carbocycles. The van der Waals surface area contributed by atoms with E-state index in [-0.39, 0.29) is 11.6 Å². The highest BCUT2D eigenvalue weighted by Gasteiger charge is 2.21. The van der Waals surface area contributed by atoms with Crippen molar-refractivity contribution in [1.29, 1.82) is 0 Å². The van der Waals surface area contributed by atoms with Crippen LogP contribution in [-0.2, 0) is 13.0 Å². The maximum absolute atomic E-state index is 12.6. The van der Waals surface area contributed by atoms with E-state index < -0.39 is 4.92 Å². The van der Waals surface area contributed by atoms with Crippen LogP contribution in [0.5, 0.6) is 0 Å². The van der Waals surface area contributed by atoms with E-state index >= 15 is 0 Å². The van der Waals surface area contributed by atoms with Gasteiger partial charge < -0.3 is 0 Å². The highest BCUT2D eigenvalue weighted by molar-refractivity contribution is 7.21. The van der Waals surface area contributed by atoms with Gasteiger partial charge in [0.05, 0.1) is 15.5 Å². The molecule has 26 heavy (non-hydrogen) atoms. The Bertz CT molecular complexity index is 1010. The second-order valence-corrected chi connectivity index (χ2v) is 8.22. The number of thiazole rings is 1. The third kappa shape index (κ3) is 3.20. The standard InChI is InChI=1S/C17H16N4O3S2/c1-2-20-6-5-12-15(9-20)26-17(18-12)19-16(22)14-8-10-7-11(21(23)24)3-4-13(10)25-14/h3-4,7-8H,2,5-6,9H2,1H3,(H,18,19,22). The Kier molecular flexibility index (Phi) is 4.43. The molecule has 1 aliphatic heterocycles. The molecular weight excluding hydrogens is 372 g/mol. The smallest absolute Gasteiger partial charge is 0.270 e. The number of benzene rings is 1. The molecule has 3 aromatic rings. The van der Waals surface area contributed by atoms with Crippen LogP contribution in [-0.4, -0.2) is 33.8 Å². The van der Waals surface area contributed by atoms with E-state index in [1.54, 1.807) is 12.1 Å². The van der Waals surface area contributed by atoms with Crippen LogP contribution in [0, 0.1) is 10.1 Å². The second-order valence-electron chi connectivity index (χ2n) is 6.05. The molecular formula is C17H16N4O3S2. The van der Waals surface area contributed by atoms with Crippen molar-refractivity contribution in [3.8, 4) is 0 Å². The zero-order valence-electron chi connectivity index (χ0n) is 14.0.